The van der Waals surface area contributed by atoms with Crippen LogP contribution in [0.5, 0.6) is 0 Å². The Bertz CT molecular complexity index is 1130. The Labute approximate surface area is 195 Å². The zero-order valence-electron chi connectivity index (χ0n) is 17.9. The maximum atomic E-state index is 13.0. The summed E-state index contributed by atoms with van der Waals surface area (Å²) in [5.41, 5.74) is 0.977. The molecule has 1 fully saturated rings. The van der Waals surface area contributed by atoms with Gasteiger partial charge in [0.05, 0.1) is 21.9 Å². The van der Waals surface area contributed by atoms with Crippen LogP contribution in [0.1, 0.15) is 22.3 Å². The Balaban J connectivity index is 1.59. The van der Waals surface area contributed by atoms with Crippen LogP contribution in [-0.4, -0.2) is 61.4 Å². The van der Waals surface area contributed by atoms with Gasteiger partial charge in [-0.15, -0.1) is 0 Å². The SMILES string of the molecule is Cc1ccc(S(=O)(=O)N2CCN(CCc3ccc(C(F)(F)F)c(Cl)c3)CC2)cc1CC(=O)O. The molecule has 1 saturated heterocycles. The number of hydrogen-bond donors (Lipinski definition) is 1. The fourth-order valence-corrected chi connectivity index (χ4v) is 5.52. The van der Waals surface area contributed by atoms with Gasteiger partial charge in [-0.2, -0.15) is 17.5 Å². The molecule has 180 valence electrons. The van der Waals surface area contributed by atoms with Gasteiger partial charge in [0, 0.05) is 32.7 Å². The minimum absolute atomic E-state index is 0.0668. The first-order valence-corrected chi connectivity index (χ1v) is 12.1. The summed E-state index contributed by atoms with van der Waals surface area (Å²) in [4.78, 5) is 13.2. The molecule has 0 amide bonds. The minimum Gasteiger partial charge on any atom is -0.481 e. The molecule has 11 heteroatoms. The number of sulfonamides is 1. The Kier molecular flexibility index (Phi) is 7.73. The number of rotatable bonds is 7. The van der Waals surface area contributed by atoms with Crippen LogP contribution in [-0.2, 0) is 33.8 Å². The first-order valence-electron chi connectivity index (χ1n) is 10.3. The molecule has 1 aliphatic rings. The fourth-order valence-electron chi connectivity index (χ4n) is 3.74. The van der Waals surface area contributed by atoms with E-state index in [0.717, 1.165) is 6.07 Å². The number of alkyl halides is 3. The Morgan fingerprint density at radius 3 is 2.33 bits per heavy atom. The van der Waals surface area contributed by atoms with Crippen molar-refractivity contribution in [2.45, 2.75) is 30.8 Å². The molecular formula is C22H24ClF3N2O4S. The molecular weight excluding hydrogens is 481 g/mol. The smallest absolute Gasteiger partial charge is 0.417 e. The Morgan fingerprint density at radius 2 is 1.76 bits per heavy atom. The first kappa shape index (κ1) is 25.5. The number of piperazine rings is 1. The predicted octanol–water partition coefficient (Wildman–Crippen LogP) is 3.84. The molecule has 0 unspecified atom stereocenters. The molecule has 1 heterocycles. The maximum Gasteiger partial charge on any atom is 0.417 e. The summed E-state index contributed by atoms with van der Waals surface area (Å²) in [6.07, 6.45) is -4.26. The molecule has 0 radical (unpaired) electrons. The molecule has 0 aliphatic carbocycles. The third-order valence-electron chi connectivity index (χ3n) is 5.69. The average molecular weight is 505 g/mol. The molecule has 0 saturated carbocycles. The standard InChI is InChI=1S/C22H24ClF3N2O4S/c1-15-2-4-18(13-17(15)14-21(29)30)33(31,32)28-10-8-27(9-11-28)7-6-16-3-5-19(20(23)12-16)22(24,25)26/h2-5,12-13H,6-11,14H2,1H3,(H,29,30). The zero-order chi connectivity index (χ0) is 24.4. The molecule has 6 nitrogen and oxygen atoms in total. The lowest BCUT2D eigenvalue weighted by atomic mass is 10.1. The van der Waals surface area contributed by atoms with Crippen LogP contribution < -0.4 is 0 Å². The van der Waals surface area contributed by atoms with Crippen molar-refractivity contribution in [2.24, 2.45) is 0 Å². The number of aryl methyl sites for hydroxylation is 1. The normalized spacial score (nSPS) is 16.2. The summed E-state index contributed by atoms with van der Waals surface area (Å²) in [5.74, 6) is -1.03. The van der Waals surface area contributed by atoms with Gasteiger partial charge in [0.2, 0.25) is 10.0 Å². The quantitative estimate of drug-likeness (QED) is 0.620. The molecule has 0 spiro atoms. The number of carboxylic acids is 1. The number of carboxylic acid groups (broad SMARTS) is 1. The van der Waals surface area contributed by atoms with E-state index in [-0.39, 0.29) is 29.4 Å². The van der Waals surface area contributed by atoms with Crippen molar-refractivity contribution < 1.29 is 31.5 Å². The van der Waals surface area contributed by atoms with Crippen LogP contribution in [0.15, 0.2) is 41.3 Å². The van der Waals surface area contributed by atoms with Crippen LogP contribution in [0.25, 0.3) is 0 Å². The maximum absolute atomic E-state index is 13.0. The zero-order valence-corrected chi connectivity index (χ0v) is 19.5. The van der Waals surface area contributed by atoms with Crippen LogP contribution in [0.4, 0.5) is 13.2 Å². The molecule has 1 aliphatic heterocycles. The van der Waals surface area contributed by atoms with Crippen molar-refractivity contribution in [3.8, 4) is 0 Å². The number of halogens is 4. The molecule has 33 heavy (non-hydrogen) atoms. The summed E-state index contributed by atoms with van der Waals surface area (Å²) in [5, 5.41) is 8.70. The van der Waals surface area contributed by atoms with Gasteiger partial charge in [0.15, 0.2) is 0 Å². The molecule has 3 rings (SSSR count). The van der Waals surface area contributed by atoms with E-state index in [0.29, 0.717) is 42.7 Å². The van der Waals surface area contributed by atoms with E-state index < -0.39 is 27.7 Å². The topological polar surface area (TPSA) is 77.9 Å². The predicted molar refractivity (Wildman–Crippen MR) is 118 cm³/mol. The van der Waals surface area contributed by atoms with Crippen LogP contribution >= 0.6 is 11.6 Å². The summed E-state index contributed by atoms with van der Waals surface area (Å²) < 4.78 is 65.9. The summed E-state index contributed by atoms with van der Waals surface area (Å²) in [6.45, 7) is 3.76. The number of hydrogen-bond acceptors (Lipinski definition) is 4. The summed E-state index contributed by atoms with van der Waals surface area (Å²) in [6, 6.07) is 8.20. The van der Waals surface area contributed by atoms with Gasteiger partial charge in [-0.05, 0) is 54.3 Å². The Hall–Kier alpha value is -2.14. The van der Waals surface area contributed by atoms with Crippen molar-refractivity contribution in [1.29, 1.82) is 0 Å². The molecule has 1 N–H and O–H groups in total. The van der Waals surface area contributed by atoms with Gasteiger partial charge in [-0.3, -0.25) is 4.79 Å². The third-order valence-corrected chi connectivity index (χ3v) is 7.89. The van der Waals surface area contributed by atoms with Crippen LogP contribution in [0, 0.1) is 6.92 Å². The van der Waals surface area contributed by atoms with Crippen LogP contribution in [0.3, 0.4) is 0 Å². The van der Waals surface area contributed by atoms with E-state index in [4.69, 9.17) is 16.7 Å². The van der Waals surface area contributed by atoms with E-state index >= 15 is 0 Å². The van der Waals surface area contributed by atoms with Crippen molar-refractivity contribution in [3.63, 3.8) is 0 Å². The average Bonchev–Trinajstić information content (AvgIpc) is 2.73. The van der Waals surface area contributed by atoms with Crippen molar-refractivity contribution >= 4 is 27.6 Å². The molecule has 0 atom stereocenters. The van der Waals surface area contributed by atoms with Crippen molar-refractivity contribution in [3.05, 3.63) is 63.7 Å². The lowest BCUT2D eigenvalue weighted by molar-refractivity contribution is -0.138. The molecule has 0 aromatic heterocycles. The monoisotopic (exact) mass is 504 g/mol. The third kappa shape index (κ3) is 6.26. The van der Waals surface area contributed by atoms with E-state index in [1.54, 1.807) is 13.0 Å². The minimum atomic E-state index is -4.50. The molecule has 0 bridgehead atoms. The highest BCUT2D eigenvalue weighted by molar-refractivity contribution is 7.89. The largest absolute Gasteiger partial charge is 0.481 e. The van der Waals surface area contributed by atoms with Crippen molar-refractivity contribution in [1.82, 2.24) is 9.21 Å². The lowest BCUT2D eigenvalue weighted by Gasteiger charge is -2.34. The summed E-state index contributed by atoms with van der Waals surface area (Å²) >= 11 is 5.77. The van der Waals surface area contributed by atoms with E-state index in [2.05, 4.69) is 0 Å². The van der Waals surface area contributed by atoms with E-state index in [9.17, 15) is 26.4 Å². The number of benzene rings is 2. The Morgan fingerprint density at radius 1 is 1.09 bits per heavy atom. The highest BCUT2D eigenvalue weighted by atomic mass is 35.5. The van der Waals surface area contributed by atoms with Crippen molar-refractivity contribution in [2.75, 3.05) is 32.7 Å². The van der Waals surface area contributed by atoms with Gasteiger partial charge >= 0.3 is 12.1 Å². The molecule has 2 aromatic carbocycles. The fraction of sp³-hybridized carbons (Fsp3) is 0.409. The second-order valence-corrected chi connectivity index (χ2v) is 10.3. The first-order chi connectivity index (χ1) is 15.4. The molecule has 2 aromatic rings. The van der Waals surface area contributed by atoms with E-state index in [1.165, 1.54) is 28.6 Å². The van der Waals surface area contributed by atoms with Gasteiger partial charge in [-0.25, -0.2) is 8.42 Å². The van der Waals surface area contributed by atoms with Gasteiger partial charge in [0.1, 0.15) is 0 Å². The second-order valence-electron chi connectivity index (χ2n) is 7.97. The van der Waals surface area contributed by atoms with Gasteiger partial charge in [-0.1, -0.05) is 23.7 Å². The van der Waals surface area contributed by atoms with Gasteiger partial charge < -0.3 is 10.0 Å². The highest BCUT2D eigenvalue weighted by Gasteiger charge is 2.33. The lowest BCUT2D eigenvalue weighted by Crippen LogP contribution is -2.49. The summed E-state index contributed by atoms with van der Waals surface area (Å²) in [7, 11) is -3.76. The number of aliphatic carboxylic acids is 1. The number of carbonyl (C=O) groups is 1. The number of nitrogens with zero attached hydrogens (tertiary/aromatic N) is 2. The van der Waals surface area contributed by atoms with Crippen LogP contribution in [0.2, 0.25) is 5.02 Å². The van der Waals surface area contributed by atoms with E-state index in [1.807, 2.05) is 4.90 Å². The second kappa shape index (κ2) is 10.0. The van der Waals surface area contributed by atoms with Gasteiger partial charge in [0.25, 0.3) is 0 Å². The highest BCUT2D eigenvalue weighted by Crippen LogP contribution is 2.35.